The van der Waals surface area contributed by atoms with Gasteiger partial charge in [-0.2, -0.15) is 0 Å². The third-order valence-corrected chi connectivity index (χ3v) is 5.80. The van der Waals surface area contributed by atoms with Crippen LogP contribution in [-0.4, -0.2) is 58.8 Å². The molecule has 8 nitrogen and oxygen atoms in total. The highest BCUT2D eigenvalue weighted by Crippen LogP contribution is 2.26. The summed E-state index contributed by atoms with van der Waals surface area (Å²) in [6.07, 6.45) is 4.40. The van der Waals surface area contributed by atoms with E-state index in [2.05, 4.69) is 10.6 Å². The van der Waals surface area contributed by atoms with E-state index in [0.29, 0.717) is 5.56 Å². The third kappa shape index (κ3) is 8.31. The normalized spacial score (nSPS) is 16.3. The Balaban J connectivity index is 2.35. The number of rotatable bonds is 8. The van der Waals surface area contributed by atoms with Crippen molar-refractivity contribution in [2.75, 3.05) is 13.2 Å². The second-order valence-corrected chi connectivity index (χ2v) is 10.3. The molecule has 8 heteroatoms. The number of hydrogen-bond donors (Lipinski definition) is 3. The van der Waals surface area contributed by atoms with Gasteiger partial charge >= 0.3 is 6.09 Å². The van der Waals surface area contributed by atoms with Crippen LogP contribution in [-0.2, 0) is 14.3 Å². The smallest absolute Gasteiger partial charge is 0.408 e. The fourth-order valence-corrected chi connectivity index (χ4v) is 4.44. The molecule has 0 radical (unpaired) electrons. The van der Waals surface area contributed by atoms with Gasteiger partial charge in [-0.25, -0.2) is 4.79 Å². The van der Waals surface area contributed by atoms with Crippen LogP contribution < -0.4 is 10.6 Å². The summed E-state index contributed by atoms with van der Waals surface area (Å²) in [7, 11) is 0. The molecule has 1 aromatic rings. The predicted octanol–water partition coefficient (Wildman–Crippen LogP) is 3.53. The zero-order chi connectivity index (χ0) is 25.5. The maximum absolute atomic E-state index is 13.6. The first kappa shape index (κ1) is 27.6. The first-order chi connectivity index (χ1) is 15.9. The molecule has 0 bridgehead atoms. The first-order valence-corrected chi connectivity index (χ1v) is 12.2. The number of benzene rings is 1. The van der Waals surface area contributed by atoms with Crippen LogP contribution in [0.3, 0.4) is 0 Å². The van der Waals surface area contributed by atoms with Gasteiger partial charge in [0.2, 0.25) is 11.8 Å². The molecule has 1 aliphatic carbocycles. The van der Waals surface area contributed by atoms with Crippen molar-refractivity contribution in [3.63, 3.8) is 0 Å². The Labute approximate surface area is 203 Å². The van der Waals surface area contributed by atoms with E-state index in [1.165, 1.54) is 4.90 Å². The number of alkyl carbamates (subject to hydrolysis) is 1. The van der Waals surface area contributed by atoms with E-state index in [1.54, 1.807) is 27.7 Å². The molecule has 190 valence electrons. The van der Waals surface area contributed by atoms with Crippen LogP contribution in [0.5, 0.6) is 0 Å². The van der Waals surface area contributed by atoms with Gasteiger partial charge < -0.3 is 25.4 Å². The van der Waals surface area contributed by atoms with Crippen molar-refractivity contribution in [3.8, 4) is 0 Å². The Bertz CT molecular complexity index is 838. The molecule has 2 atom stereocenters. The Morgan fingerprint density at radius 2 is 1.68 bits per heavy atom. The minimum absolute atomic E-state index is 0.0467. The standard InChI is InChI=1S/C26H41N3O5/c1-17-14-18(2)16-20(15-17)22(23(31)28-21-10-8-7-9-11-21)29(12-13-30)24(32)19(3)27-25(33)34-26(4,5)6/h14-16,19,21-22,30H,7-13H2,1-6H3,(H,27,33)(H,28,31). The number of aliphatic hydroxyl groups is 1. The van der Waals surface area contributed by atoms with E-state index in [9.17, 15) is 19.5 Å². The van der Waals surface area contributed by atoms with Crippen LogP contribution in [0.25, 0.3) is 0 Å². The summed E-state index contributed by atoms with van der Waals surface area (Å²) >= 11 is 0. The number of aryl methyl sites for hydroxylation is 2. The average molecular weight is 476 g/mol. The molecule has 3 amide bonds. The summed E-state index contributed by atoms with van der Waals surface area (Å²) < 4.78 is 5.27. The number of ether oxygens (including phenoxy) is 1. The summed E-state index contributed by atoms with van der Waals surface area (Å²) in [5.74, 6) is -0.744. The van der Waals surface area contributed by atoms with Gasteiger partial charge in [0.05, 0.1) is 6.61 Å². The summed E-state index contributed by atoms with van der Waals surface area (Å²) in [5, 5.41) is 15.5. The van der Waals surface area contributed by atoms with E-state index in [4.69, 9.17) is 4.74 Å². The van der Waals surface area contributed by atoms with E-state index in [1.807, 2.05) is 32.0 Å². The number of hydrogen-bond acceptors (Lipinski definition) is 5. The van der Waals surface area contributed by atoms with Gasteiger partial charge in [-0.05, 0) is 59.9 Å². The van der Waals surface area contributed by atoms with Crippen molar-refractivity contribution >= 4 is 17.9 Å². The monoisotopic (exact) mass is 475 g/mol. The van der Waals surface area contributed by atoms with Crippen LogP contribution in [0.2, 0.25) is 0 Å². The number of carbonyl (C=O) groups excluding carboxylic acids is 3. The van der Waals surface area contributed by atoms with Gasteiger partial charge in [-0.15, -0.1) is 0 Å². The Hall–Kier alpha value is -2.61. The van der Waals surface area contributed by atoms with E-state index in [0.717, 1.165) is 43.2 Å². The van der Waals surface area contributed by atoms with Crippen molar-refractivity contribution in [1.29, 1.82) is 0 Å². The second-order valence-electron chi connectivity index (χ2n) is 10.3. The lowest BCUT2D eigenvalue weighted by atomic mass is 9.94. The molecule has 0 aliphatic heterocycles. The second kappa shape index (κ2) is 12.2. The lowest BCUT2D eigenvalue weighted by molar-refractivity contribution is -0.143. The molecule has 2 unspecified atom stereocenters. The Morgan fingerprint density at radius 3 is 2.21 bits per heavy atom. The van der Waals surface area contributed by atoms with Gasteiger partial charge in [-0.3, -0.25) is 9.59 Å². The lowest BCUT2D eigenvalue weighted by Gasteiger charge is -2.35. The number of amides is 3. The fourth-order valence-electron chi connectivity index (χ4n) is 4.44. The van der Waals surface area contributed by atoms with Crippen molar-refractivity contribution in [2.45, 2.75) is 97.4 Å². The lowest BCUT2D eigenvalue weighted by Crippen LogP contribution is -2.53. The SMILES string of the molecule is Cc1cc(C)cc(C(C(=O)NC2CCCCC2)N(CCO)C(=O)C(C)NC(=O)OC(C)(C)C)c1. The quantitative estimate of drug-likeness (QED) is 0.533. The summed E-state index contributed by atoms with van der Waals surface area (Å²) in [6.45, 7) is 10.3. The maximum atomic E-state index is 13.6. The highest BCUT2D eigenvalue weighted by atomic mass is 16.6. The van der Waals surface area contributed by atoms with Crippen LogP contribution in [0.4, 0.5) is 4.79 Å². The van der Waals surface area contributed by atoms with Crippen LogP contribution in [0.1, 0.15) is 82.5 Å². The number of aliphatic hydroxyl groups excluding tert-OH is 1. The minimum Gasteiger partial charge on any atom is -0.444 e. The van der Waals surface area contributed by atoms with Gasteiger partial charge in [0.15, 0.2) is 0 Å². The molecule has 0 heterocycles. The van der Waals surface area contributed by atoms with E-state index in [-0.39, 0.29) is 25.1 Å². The third-order valence-electron chi connectivity index (χ3n) is 5.80. The predicted molar refractivity (Wildman–Crippen MR) is 131 cm³/mol. The fraction of sp³-hybridized carbons (Fsp3) is 0.654. The van der Waals surface area contributed by atoms with Crippen molar-refractivity contribution in [2.24, 2.45) is 0 Å². The molecule has 1 fully saturated rings. The zero-order valence-corrected chi connectivity index (χ0v) is 21.4. The van der Waals surface area contributed by atoms with Crippen molar-refractivity contribution in [3.05, 3.63) is 34.9 Å². The van der Waals surface area contributed by atoms with Crippen molar-refractivity contribution < 1.29 is 24.2 Å². The summed E-state index contributed by atoms with van der Waals surface area (Å²) in [6, 6.07) is 3.98. The molecule has 34 heavy (non-hydrogen) atoms. The minimum atomic E-state index is -0.947. The Kier molecular flexibility index (Phi) is 9.91. The highest BCUT2D eigenvalue weighted by molar-refractivity contribution is 5.92. The molecule has 0 aromatic heterocycles. The zero-order valence-electron chi connectivity index (χ0n) is 21.4. The highest BCUT2D eigenvalue weighted by Gasteiger charge is 2.35. The van der Waals surface area contributed by atoms with Crippen LogP contribution in [0, 0.1) is 13.8 Å². The molecule has 1 aliphatic rings. The van der Waals surface area contributed by atoms with Crippen LogP contribution >= 0.6 is 0 Å². The Morgan fingerprint density at radius 1 is 1.09 bits per heavy atom. The van der Waals surface area contributed by atoms with Crippen molar-refractivity contribution in [1.82, 2.24) is 15.5 Å². The van der Waals surface area contributed by atoms with Gasteiger partial charge in [0.25, 0.3) is 0 Å². The largest absolute Gasteiger partial charge is 0.444 e. The molecule has 1 saturated carbocycles. The number of nitrogens with one attached hydrogen (secondary N) is 2. The molecule has 0 saturated heterocycles. The van der Waals surface area contributed by atoms with E-state index < -0.39 is 29.7 Å². The number of carbonyl (C=O) groups is 3. The topological polar surface area (TPSA) is 108 Å². The van der Waals surface area contributed by atoms with Gasteiger partial charge in [0, 0.05) is 12.6 Å². The molecular formula is C26H41N3O5. The number of nitrogens with zero attached hydrogens (tertiary/aromatic N) is 1. The molecule has 2 rings (SSSR count). The first-order valence-electron chi connectivity index (χ1n) is 12.2. The van der Waals surface area contributed by atoms with E-state index >= 15 is 0 Å². The van der Waals surface area contributed by atoms with Gasteiger partial charge in [0.1, 0.15) is 17.7 Å². The summed E-state index contributed by atoms with van der Waals surface area (Å²) in [5.41, 5.74) is 1.92. The van der Waals surface area contributed by atoms with Crippen LogP contribution in [0.15, 0.2) is 18.2 Å². The molecular weight excluding hydrogens is 434 g/mol. The molecule has 3 N–H and O–H groups in total. The molecule has 0 spiro atoms. The average Bonchev–Trinajstić information content (AvgIpc) is 2.71. The van der Waals surface area contributed by atoms with Gasteiger partial charge in [-0.1, -0.05) is 48.6 Å². The molecule has 1 aromatic carbocycles. The maximum Gasteiger partial charge on any atom is 0.408 e. The summed E-state index contributed by atoms with van der Waals surface area (Å²) in [4.78, 5) is 40.7.